The molecule has 1 atom stereocenters. The van der Waals surface area contributed by atoms with Crippen molar-refractivity contribution in [2.24, 2.45) is 5.73 Å². The first-order chi connectivity index (χ1) is 6.27. The zero-order valence-corrected chi connectivity index (χ0v) is 8.17. The normalized spacial score (nSPS) is 12.8. The van der Waals surface area contributed by atoms with Crippen LogP contribution in [0, 0.1) is 0 Å². The number of benzene rings is 1. The Morgan fingerprint density at radius 2 is 1.92 bits per heavy atom. The van der Waals surface area contributed by atoms with Gasteiger partial charge in [-0.25, -0.2) is 0 Å². The Labute approximate surface area is 83.3 Å². The molecule has 0 spiro atoms. The van der Waals surface area contributed by atoms with E-state index in [0.29, 0.717) is 18.8 Å². The van der Waals surface area contributed by atoms with Crippen LogP contribution in [0.3, 0.4) is 0 Å². The number of hydrogen-bond acceptors (Lipinski definition) is 2. The lowest BCUT2D eigenvalue weighted by Gasteiger charge is -2.09. The van der Waals surface area contributed by atoms with Gasteiger partial charge in [-0.1, -0.05) is 24.3 Å². The van der Waals surface area contributed by atoms with Crippen molar-refractivity contribution in [3.63, 3.8) is 0 Å². The van der Waals surface area contributed by atoms with E-state index in [1.54, 1.807) is 0 Å². The third-order valence-corrected chi connectivity index (χ3v) is 2.20. The van der Waals surface area contributed by atoms with Gasteiger partial charge in [0, 0.05) is 12.4 Å². The smallest absolute Gasteiger partial charge is 0.0801 e. The van der Waals surface area contributed by atoms with Crippen molar-refractivity contribution >= 4 is 11.6 Å². The topological polar surface area (TPSA) is 46.2 Å². The predicted octanol–water partition coefficient (Wildman–Crippen LogP) is 1.81. The highest BCUT2D eigenvalue weighted by Crippen LogP contribution is 2.17. The molecule has 0 fully saturated rings. The summed E-state index contributed by atoms with van der Waals surface area (Å²) in [5, 5.41) is 9.57. The molecule has 3 heteroatoms. The Bertz CT molecular complexity index is 248. The Kier molecular flexibility index (Phi) is 4.22. The van der Waals surface area contributed by atoms with E-state index in [1.807, 2.05) is 24.3 Å². The zero-order valence-electron chi connectivity index (χ0n) is 7.41. The van der Waals surface area contributed by atoms with Gasteiger partial charge in [0.25, 0.3) is 0 Å². The number of aliphatic hydroxyl groups is 1. The van der Waals surface area contributed by atoms with Crippen LogP contribution >= 0.6 is 11.6 Å². The molecule has 13 heavy (non-hydrogen) atoms. The molecule has 1 rings (SSSR count). The van der Waals surface area contributed by atoms with Crippen molar-refractivity contribution in [3.05, 3.63) is 35.4 Å². The first kappa shape index (κ1) is 10.5. The molecule has 1 aromatic rings. The molecule has 1 aromatic carbocycles. The maximum Gasteiger partial charge on any atom is 0.0801 e. The third kappa shape index (κ3) is 2.99. The van der Waals surface area contributed by atoms with Gasteiger partial charge >= 0.3 is 0 Å². The third-order valence-electron chi connectivity index (χ3n) is 1.98. The predicted molar refractivity (Wildman–Crippen MR) is 54.6 cm³/mol. The molecule has 0 amide bonds. The Morgan fingerprint density at radius 1 is 1.31 bits per heavy atom. The SMILES string of the molecule is NCc1ccc([C@H](O)CCCl)cc1. The van der Waals surface area contributed by atoms with Crippen molar-refractivity contribution < 1.29 is 5.11 Å². The molecular weight excluding hydrogens is 186 g/mol. The molecule has 72 valence electrons. The van der Waals surface area contributed by atoms with Crippen molar-refractivity contribution in [2.75, 3.05) is 5.88 Å². The molecule has 0 saturated carbocycles. The lowest BCUT2D eigenvalue weighted by Crippen LogP contribution is -2.00. The Balaban J connectivity index is 2.67. The average Bonchev–Trinajstić information content (AvgIpc) is 2.18. The maximum absolute atomic E-state index is 9.57. The molecule has 3 N–H and O–H groups in total. The second-order valence-corrected chi connectivity index (χ2v) is 3.32. The fourth-order valence-corrected chi connectivity index (χ4v) is 1.35. The van der Waals surface area contributed by atoms with Crippen LogP contribution in [-0.4, -0.2) is 11.0 Å². The highest BCUT2D eigenvalue weighted by Gasteiger charge is 2.05. The lowest BCUT2D eigenvalue weighted by atomic mass is 10.1. The van der Waals surface area contributed by atoms with E-state index in [1.165, 1.54) is 0 Å². The van der Waals surface area contributed by atoms with Crippen LogP contribution in [0.1, 0.15) is 23.7 Å². The molecule has 0 aromatic heterocycles. The summed E-state index contributed by atoms with van der Waals surface area (Å²) in [5.41, 5.74) is 7.42. The van der Waals surface area contributed by atoms with Gasteiger partial charge in [0.05, 0.1) is 6.10 Å². The van der Waals surface area contributed by atoms with Crippen LogP contribution in [0.5, 0.6) is 0 Å². The number of hydrogen-bond donors (Lipinski definition) is 2. The quantitative estimate of drug-likeness (QED) is 0.727. The Morgan fingerprint density at radius 3 is 2.38 bits per heavy atom. The molecule has 0 heterocycles. The van der Waals surface area contributed by atoms with Crippen LogP contribution < -0.4 is 5.73 Å². The summed E-state index contributed by atoms with van der Waals surface area (Å²) in [5.74, 6) is 0.472. The first-order valence-corrected chi connectivity index (χ1v) is 4.84. The van der Waals surface area contributed by atoms with Gasteiger partial charge in [0.15, 0.2) is 0 Å². The van der Waals surface area contributed by atoms with Crippen LogP contribution in [0.25, 0.3) is 0 Å². The van der Waals surface area contributed by atoms with E-state index in [0.717, 1.165) is 11.1 Å². The van der Waals surface area contributed by atoms with E-state index in [9.17, 15) is 5.11 Å². The standard InChI is InChI=1S/C10H14ClNO/c11-6-5-10(13)9-3-1-8(7-12)2-4-9/h1-4,10,13H,5-7,12H2/t10-/m1/s1. The summed E-state index contributed by atoms with van der Waals surface area (Å²) in [6, 6.07) is 7.62. The fourth-order valence-electron chi connectivity index (χ4n) is 1.15. The van der Waals surface area contributed by atoms with E-state index >= 15 is 0 Å². The van der Waals surface area contributed by atoms with Gasteiger partial charge in [0.1, 0.15) is 0 Å². The van der Waals surface area contributed by atoms with Gasteiger partial charge < -0.3 is 10.8 Å². The van der Waals surface area contributed by atoms with Gasteiger partial charge in [-0.15, -0.1) is 11.6 Å². The molecule has 2 nitrogen and oxygen atoms in total. The molecule has 0 bridgehead atoms. The van der Waals surface area contributed by atoms with Gasteiger partial charge in [-0.2, -0.15) is 0 Å². The summed E-state index contributed by atoms with van der Waals surface area (Å²) in [4.78, 5) is 0. The van der Waals surface area contributed by atoms with E-state index in [-0.39, 0.29) is 0 Å². The molecule has 0 aliphatic heterocycles. The van der Waals surface area contributed by atoms with Gasteiger partial charge in [0.2, 0.25) is 0 Å². The van der Waals surface area contributed by atoms with E-state index in [2.05, 4.69) is 0 Å². The highest BCUT2D eigenvalue weighted by molar-refractivity contribution is 6.17. The largest absolute Gasteiger partial charge is 0.388 e. The molecule has 0 radical (unpaired) electrons. The second kappa shape index (κ2) is 5.22. The second-order valence-electron chi connectivity index (χ2n) is 2.94. The summed E-state index contributed by atoms with van der Waals surface area (Å²) < 4.78 is 0. The van der Waals surface area contributed by atoms with Crippen molar-refractivity contribution in [3.8, 4) is 0 Å². The minimum absolute atomic E-state index is 0.454. The minimum Gasteiger partial charge on any atom is -0.388 e. The van der Waals surface area contributed by atoms with E-state index in [4.69, 9.17) is 17.3 Å². The van der Waals surface area contributed by atoms with Gasteiger partial charge in [-0.05, 0) is 17.5 Å². The number of aliphatic hydroxyl groups excluding tert-OH is 1. The van der Waals surface area contributed by atoms with Crippen molar-refractivity contribution in [1.82, 2.24) is 0 Å². The minimum atomic E-state index is -0.454. The summed E-state index contributed by atoms with van der Waals surface area (Å²) >= 11 is 5.52. The van der Waals surface area contributed by atoms with Crippen molar-refractivity contribution in [2.45, 2.75) is 19.1 Å². The lowest BCUT2D eigenvalue weighted by molar-refractivity contribution is 0.174. The number of alkyl halides is 1. The average molecular weight is 200 g/mol. The summed E-state index contributed by atoms with van der Waals surface area (Å²) in [6.45, 7) is 0.534. The molecule has 0 aliphatic carbocycles. The maximum atomic E-state index is 9.57. The number of rotatable bonds is 4. The fraction of sp³-hybridized carbons (Fsp3) is 0.400. The number of nitrogens with two attached hydrogens (primary N) is 1. The monoisotopic (exact) mass is 199 g/mol. The first-order valence-electron chi connectivity index (χ1n) is 4.31. The van der Waals surface area contributed by atoms with Crippen LogP contribution in [0.2, 0.25) is 0 Å². The van der Waals surface area contributed by atoms with Crippen LogP contribution in [0.4, 0.5) is 0 Å². The summed E-state index contributed by atoms with van der Waals surface area (Å²) in [7, 11) is 0. The molecule has 0 unspecified atom stereocenters. The van der Waals surface area contributed by atoms with Gasteiger partial charge in [-0.3, -0.25) is 0 Å². The van der Waals surface area contributed by atoms with Crippen molar-refractivity contribution in [1.29, 1.82) is 0 Å². The highest BCUT2D eigenvalue weighted by atomic mass is 35.5. The molecular formula is C10H14ClNO. The van der Waals surface area contributed by atoms with Crippen LogP contribution in [0.15, 0.2) is 24.3 Å². The Hall–Kier alpha value is -0.570. The molecule has 0 aliphatic rings. The van der Waals surface area contributed by atoms with E-state index < -0.39 is 6.10 Å². The molecule has 0 saturated heterocycles. The summed E-state index contributed by atoms with van der Waals surface area (Å²) in [6.07, 6.45) is 0.133. The zero-order chi connectivity index (χ0) is 9.68. The number of halogens is 1. The van der Waals surface area contributed by atoms with Crippen LogP contribution in [-0.2, 0) is 6.54 Å².